The van der Waals surface area contributed by atoms with Gasteiger partial charge in [-0.2, -0.15) is 0 Å². The van der Waals surface area contributed by atoms with Crippen molar-refractivity contribution in [2.24, 2.45) is 0 Å². The molecule has 0 radical (unpaired) electrons. The zero-order valence-electron chi connectivity index (χ0n) is 14.4. The maximum absolute atomic E-state index is 12.9. The fourth-order valence-electron chi connectivity index (χ4n) is 2.81. The molecule has 0 bridgehead atoms. The van der Waals surface area contributed by atoms with E-state index in [1.54, 1.807) is 31.2 Å². The molecule has 7 heteroatoms. The van der Waals surface area contributed by atoms with E-state index >= 15 is 0 Å². The molecule has 0 aliphatic carbocycles. The van der Waals surface area contributed by atoms with E-state index in [9.17, 15) is 14.7 Å². The molecule has 2 amide bonds. The Morgan fingerprint density at radius 1 is 0.962 bits per heavy atom. The van der Waals surface area contributed by atoms with Crippen LogP contribution in [0.5, 0.6) is 11.5 Å². The Morgan fingerprint density at radius 2 is 1.65 bits per heavy atom. The topological polar surface area (TPSA) is 76.1 Å². The van der Waals surface area contributed by atoms with Crippen LogP contribution in [-0.4, -0.2) is 31.1 Å². The minimum Gasteiger partial charge on any atom is -0.502 e. The van der Waals surface area contributed by atoms with Gasteiger partial charge in [-0.3, -0.25) is 9.59 Å². The Kier molecular flexibility index (Phi) is 4.61. The SMILES string of the molecule is COc1ccc(C2=C(O)C(=O)N(c3cc(Cl)ccc3C)C2=O)cc1OC. The normalized spacial score (nSPS) is 14.2. The summed E-state index contributed by atoms with van der Waals surface area (Å²) in [6.07, 6.45) is 0. The molecular formula is C19H16ClNO5. The second kappa shape index (κ2) is 6.72. The molecule has 3 rings (SSSR count). The van der Waals surface area contributed by atoms with Crippen LogP contribution in [0.15, 0.2) is 42.2 Å². The van der Waals surface area contributed by atoms with Crippen LogP contribution in [0.1, 0.15) is 11.1 Å². The van der Waals surface area contributed by atoms with Crippen molar-refractivity contribution in [1.82, 2.24) is 0 Å². The van der Waals surface area contributed by atoms with Crippen LogP contribution in [0, 0.1) is 6.92 Å². The van der Waals surface area contributed by atoms with E-state index in [0.717, 1.165) is 4.90 Å². The summed E-state index contributed by atoms with van der Waals surface area (Å²) >= 11 is 6.00. The number of carbonyl (C=O) groups is 2. The Balaban J connectivity index is 2.09. The van der Waals surface area contributed by atoms with Gasteiger partial charge in [0.05, 0.1) is 25.5 Å². The minimum atomic E-state index is -0.801. The fraction of sp³-hybridized carbons (Fsp3) is 0.158. The first-order chi connectivity index (χ1) is 12.4. The number of ether oxygens (including phenoxy) is 2. The highest BCUT2D eigenvalue weighted by atomic mass is 35.5. The predicted molar refractivity (Wildman–Crippen MR) is 97.8 cm³/mol. The van der Waals surface area contributed by atoms with Crippen molar-refractivity contribution in [3.8, 4) is 11.5 Å². The van der Waals surface area contributed by atoms with Gasteiger partial charge < -0.3 is 14.6 Å². The molecule has 1 aliphatic rings. The van der Waals surface area contributed by atoms with Crippen molar-refractivity contribution in [1.29, 1.82) is 0 Å². The molecule has 2 aromatic carbocycles. The molecule has 0 saturated carbocycles. The van der Waals surface area contributed by atoms with Gasteiger partial charge in [-0.1, -0.05) is 23.7 Å². The van der Waals surface area contributed by atoms with Crippen LogP contribution < -0.4 is 14.4 Å². The molecule has 6 nitrogen and oxygen atoms in total. The largest absolute Gasteiger partial charge is 0.502 e. The number of methoxy groups -OCH3 is 2. The van der Waals surface area contributed by atoms with E-state index in [4.69, 9.17) is 21.1 Å². The van der Waals surface area contributed by atoms with Crippen LogP contribution in [-0.2, 0) is 9.59 Å². The van der Waals surface area contributed by atoms with E-state index in [-0.39, 0.29) is 5.57 Å². The van der Waals surface area contributed by atoms with Gasteiger partial charge in [0.2, 0.25) is 0 Å². The molecule has 0 aromatic heterocycles. The molecule has 134 valence electrons. The van der Waals surface area contributed by atoms with Crippen molar-refractivity contribution in [3.63, 3.8) is 0 Å². The number of hydrogen-bond acceptors (Lipinski definition) is 5. The Morgan fingerprint density at radius 3 is 2.31 bits per heavy atom. The van der Waals surface area contributed by atoms with Gasteiger partial charge in [0, 0.05) is 5.02 Å². The van der Waals surface area contributed by atoms with Crippen molar-refractivity contribution in [2.75, 3.05) is 19.1 Å². The highest BCUT2D eigenvalue weighted by molar-refractivity contribution is 6.45. The van der Waals surface area contributed by atoms with Crippen molar-refractivity contribution < 1.29 is 24.2 Å². The van der Waals surface area contributed by atoms with Crippen LogP contribution in [0.4, 0.5) is 5.69 Å². The second-order valence-electron chi connectivity index (χ2n) is 5.67. The number of nitrogens with zero attached hydrogens (tertiary/aromatic N) is 1. The number of amides is 2. The molecule has 1 heterocycles. The van der Waals surface area contributed by atoms with Gasteiger partial charge in [0.15, 0.2) is 17.3 Å². The van der Waals surface area contributed by atoms with Gasteiger partial charge in [0.1, 0.15) is 0 Å². The summed E-state index contributed by atoms with van der Waals surface area (Å²) in [5.41, 5.74) is 1.25. The predicted octanol–water partition coefficient (Wildman–Crippen LogP) is 3.51. The van der Waals surface area contributed by atoms with Crippen LogP contribution in [0.25, 0.3) is 5.57 Å². The minimum absolute atomic E-state index is 0.102. The number of aliphatic hydroxyl groups excluding tert-OH is 1. The third-order valence-electron chi connectivity index (χ3n) is 4.14. The van der Waals surface area contributed by atoms with Crippen LogP contribution in [0.3, 0.4) is 0 Å². The van der Waals surface area contributed by atoms with Gasteiger partial charge in [-0.25, -0.2) is 4.90 Å². The zero-order valence-corrected chi connectivity index (χ0v) is 15.1. The lowest BCUT2D eigenvalue weighted by molar-refractivity contribution is -0.121. The number of anilines is 1. The average Bonchev–Trinajstić information content (AvgIpc) is 2.85. The molecule has 0 saturated heterocycles. The van der Waals surface area contributed by atoms with Crippen molar-refractivity contribution >= 4 is 34.7 Å². The summed E-state index contributed by atoms with van der Waals surface area (Å²) in [7, 11) is 2.95. The number of halogens is 1. The number of rotatable bonds is 4. The van der Waals surface area contributed by atoms with Crippen LogP contribution >= 0.6 is 11.6 Å². The summed E-state index contributed by atoms with van der Waals surface area (Å²) in [5, 5.41) is 10.7. The van der Waals surface area contributed by atoms with Crippen LogP contribution in [0.2, 0.25) is 5.02 Å². The number of aryl methyl sites for hydroxylation is 1. The summed E-state index contributed by atoms with van der Waals surface area (Å²) in [5.74, 6) is -1.21. The lowest BCUT2D eigenvalue weighted by atomic mass is 10.0. The molecule has 1 N–H and O–H groups in total. The van der Waals surface area contributed by atoms with E-state index < -0.39 is 17.6 Å². The maximum atomic E-state index is 12.9. The first-order valence-corrected chi connectivity index (χ1v) is 8.07. The first-order valence-electron chi connectivity index (χ1n) is 7.69. The van der Waals surface area contributed by atoms with E-state index in [1.165, 1.54) is 26.4 Å². The quantitative estimate of drug-likeness (QED) is 0.830. The highest BCUT2D eigenvalue weighted by Gasteiger charge is 2.41. The second-order valence-corrected chi connectivity index (χ2v) is 6.11. The zero-order chi connectivity index (χ0) is 19.0. The monoisotopic (exact) mass is 373 g/mol. The summed E-state index contributed by atoms with van der Waals surface area (Å²) < 4.78 is 10.4. The third-order valence-corrected chi connectivity index (χ3v) is 4.38. The Bertz CT molecular complexity index is 951. The smallest absolute Gasteiger partial charge is 0.301 e. The summed E-state index contributed by atoms with van der Waals surface area (Å²) in [6, 6.07) is 9.57. The Hall–Kier alpha value is -2.99. The van der Waals surface area contributed by atoms with Crippen molar-refractivity contribution in [2.45, 2.75) is 6.92 Å². The number of benzene rings is 2. The van der Waals surface area contributed by atoms with Gasteiger partial charge in [-0.05, 0) is 42.3 Å². The highest BCUT2D eigenvalue weighted by Crippen LogP contribution is 2.37. The maximum Gasteiger partial charge on any atom is 0.301 e. The molecular weight excluding hydrogens is 358 g/mol. The number of aliphatic hydroxyl groups is 1. The summed E-state index contributed by atoms with van der Waals surface area (Å²) in [4.78, 5) is 26.4. The average molecular weight is 374 g/mol. The lowest BCUT2D eigenvalue weighted by Gasteiger charge is -2.17. The Labute approximate surface area is 155 Å². The molecule has 1 aliphatic heterocycles. The molecule has 0 fully saturated rings. The fourth-order valence-corrected chi connectivity index (χ4v) is 2.98. The lowest BCUT2D eigenvalue weighted by Crippen LogP contribution is -2.32. The first kappa shape index (κ1) is 17.8. The number of hydrogen-bond donors (Lipinski definition) is 1. The molecule has 0 atom stereocenters. The standard InChI is InChI=1S/C19H16ClNO5/c1-10-4-6-12(20)9-13(10)21-18(23)16(17(22)19(21)24)11-5-7-14(25-2)15(8-11)26-3/h4-9,22H,1-3H3. The number of imide groups is 1. The molecule has 2 aromatic rings. The summed E-state index contributed by atoms with van der Waals surface area (Å²) in [6.45, 7) is 1.75. The molecule has 26 heavy (non-hydrogen) atoms. The van der Waals surface area contributed by atoms with Gasteiger partial charge in [0.25, 0.3) is 5.91 Å². The van der Waals surface area contributed by atoms with E-state index in [1.807, 2.05) is 0 Å². The van der Waals surface area contributed by atoms with Gasteiger partial charge >= 0.3 is 5.91 Å². The van der Waals surface area contributed by atoms with Crippen molar-refractivity contribution in [3.05, 3.63) is 58.3 Å². The molecule has 0 spiro atoms. The molecule has 0 unspecified atom stereocenters. The van der Waals surface area contributed by atoms with E-state index in [2.05, 4.69) is 0 Å². The third kappa shape index (κ3) is 2.78. The van der Waals surface area contributed by atoms with E-state index in [0.29, 0.717) is 33.3 Å². The number of carbonyl (C=O) groups excluding carboxylic acids is 2. The van der Waals surface area contributed by atoms with Gasteiger partial charge in [-0.15, -0.1) is 0 Å².